The number of imidazole rings is 1. The summed E-state index contributed by atoms with van der Waals surface area (Å²) in [6.07, 6.45) is 10.8. The highest BCUT2D eigenvalue weighted by molar-refractivity contribution is 5.92. The van der Waals surface area contributed by atoms with Crippen LogP contribution < -0.4 is 5.32 Å². The fourth-order valence-electron chi connectivity index (χ4n) is 4.13. The zero-order chi connectivity index (χ0) is 18.7. The lowest BCUT2D eigenvalue weighted by Gasteiger charge is -2.49. The van der Waals surface area contributed by atoms with Gasteiger partial charge in [0.1, 0.15) is 17.1 Å². The number of nitrogens with zero attached hydrogens (tertiary/aromatic N) is 4. The number of carbonyl (C=O) groups excluding carboxylic acids is 1. The van der Waals surface area contributed by atoms with Crippen LogP contribution in [0.1, 0.15) is 47.7 Å². The van der Waals surface area contributed by atoms with Gasteiger partial charge in [0, 0.05) is 31.7 Å². The van der Waals surface area contributed by atoms with E-state index in [1.165, 1.54) is 6.20 Å². The third-order valence-corrected chi connectivity index (χ3v) is 5.51. The van der Waals surface area contributed by atoms with Crippen molar-refractivity contribution in [3.63, 3.8) is 0 Å². The molecule has 0 bridgehead atoms. The molecule has 0 unspecified atom stereocenters. The van der Waals surface area contributed by atoms with Crippen LogP contribution in [-0.2, 0) is 11.3 Å². The normalized spacial score (nSPS) is 26.2. The molecular weight excluding hydrogens is 344 g/mol. The van der Waals surface area contributed by atoms with E-state index < -0.39 is 0 Å². The topological polar surface area (TPSA) is 96.0 Å². The van der Waals surface area contributed by atoms with Gasteiger partial charge in [0.15, 0.2) is 0 Å². The number of ether oxygens (including phenoxy) is 1. The molecule has 1 aliphatic heterocycles. The minimum Gasteiger partial charge on any atom is -0.370 e. The van der Waals surface area contributed by atoms with Crippen LogP contribution in [0, 0.1) is 6.92 Å². The zero-order valence-electron chi connectivity index (χ0n) is 15.6. The van der Waals surface area contributed by atoms with Gasteiger partial charge in [-0.3, -0.25) is 14.7 Å². The number of aromatic amines is 1. The fourth-order valence-corrected chi connectivity index (χ4v) is 4.13. The Morgan fingerprint density at radius 2 is 2.30 bits per heavy atom. The first kappa shape index (κ1) is 18.1. The van der Waals surface area contributed by atoms with Crippen molar-refractivity contribution in [3.8, 4) is 0 Å². The summed E-state index contributed by atoms with van der Waals surface area (Å²) in [7, 11) is 0. The first-order chi connectivity index (χ1) is 13.1. The maximum absolute atomic E-state index is 12.7. The smallest absolute Gasteiger partial charge is 0.271 e. The lowest BCUT2D eigenvalue weighted by Crippen LogP contribution is -2.64. The molecule has 1 amide bonds. The average molecular weight is 370 g/mol. The summed E-state index contributed by atoms with van der Waals surface area (Å²) >= 11 is 0. The molecule has 144 valence electrons. The molecule has 1 saturated carbocycles. The SMILES string of the molecule is Cc1cnc(C(=O)N[C@@H]2CCCC[C@@]23CN(Cc2ncc[nH]2)CCO3)cn1. The number of morpholine rings is 1. The molecule has 1 saturated heterocycles. The molecule has 2 aliphatic rings. The molecule has 2 aromatic rings. The van der Waals surface area contributed by atoms with Crippen molar-refractivity contribution in [2.24, 2.45) is 0 Å². The lowest BCUT2D eigenvalue weighted by atomic mass is 9.78. The van der Waals surface area contributed by atoms with Crippen molar-refractivity contribution in [1.29, 1.82) is 0 Å². The molecule has 3 heterocycles. The highest BCUT2D eigenvalue weighted by atomic mass is 16.5. The van der Waals surface area contributed by atoms with Gasteiger partial charge in [0.2, 0.25) is 0 Å². The van der Waals surface area contributed by atoms with E-state index in [0.717, 1.165) is 56.8 Å². The summed E-state index contributed by atoms with van der Waals surface area (Å²) in [4.78, 5) is 30.9. The monoisotopic (exact) mass is 370 g/mol. The van der Waals surface area contributed by atoms with Crippen molar-refractivity contribution < 1.29 is 9.53 Å². The maximum atomic E-state index is 12.7. The summed E-state index contributed by atoms with van der Waals surface area (Å²) in [5.41, 5.74) is 0.797. The second-order valence-corrected chi connectivity index (χ2v) is 7.47. The van der Waals surface area contributed by atoms with Crippen LogP contribution in [0.25, 0.3) is 0 Å². The van der Waals surface area contributed by atoms with Gasteiger partial charge in [-0.2, -0.15) is 0 Å². The summed E-state index contributed by atoms with van der Waals surface area (Å²) in [5, 5.41) is 3.18. The molecule has 2 N–H and O–H groups in total. The van der Waals surface area contributed by atoms with Gasteiger partial charge in [-0.05, 0) is 19.8 Å². The van der Waals surface area contributed by atoms with Crippen LogP contribution in [0.2, 0.25) is 0 Å². The van der Waals surface area contributed by atoms with Crippen LogP contribution in [0.3, 0.4) is 0 Å². The number of aromatic nitrogens is 4. The van der Waals surface area contributed by atoms with E-state index in [1.54, 1.807) is 12.4 Å². The highest BCUT2D eigenvalue weighted by Gasteiger charge is 2.46. The standard InChI is InChI=1S/C19H26N6O2/c1-14-10-23-15(11-22-14)18(26)24-16-4-2-3-5-19(16)13-25(8-9-27-19)12-17-20-6-7-21-17/h6-7,10-11,16H,2-5,8-9,12-13H2,1H3,(H,20,21)(H,24,26)/t16-,19-/m1/s1. The second kappa shape index (κ2) is 7.74. The number of amides is 1. The molecule has 8 heteroatoms. The van der Waals surface area contributed by atoms with E-state index in [0.29, 0.717) is 12.3 Å². The maximum Gasteiger partial charge on any atom is 0.271 e. The van der Waals surface area contributed by atoms with Crippen LogP contribution in [0.5, 0.6) is 0 Å². The van der Waals surface area contributed by atoms with E-state index >= 15 is 0 Å². The van der Waals surface area contributed by atoms with Crippen molar-refractivity contribution in [2.75, 3.05) is 19.7 Å². The van der Waals surface area contributed by atoms with Gasteiger partial charge < -0.3 is 15.0 Å². The molecular formula is C19H26N6O2. The number of hydrogen-bond acceptors (Lipinski definition) is 6. The molecule has 2 aromatic heterocycles. The van der Waals surface area contributed by atoms with Crippen molar-refractivity contribution in [3.05, 3.63) is 42.0 Å². The summed E-state index contributed by atoms with van der Waals surface area (Å²) in [6, 6.07) is -0.0266. The molecule has 1 aliphatic carbocycles. The molecule has 8 nitrogen and oxygen atoms in total. The summed E-state index contributed by atoms with van der Waals surface area (Å²) < 4.78 is 6.30. The number of nitrogens with one attached hydrogen (secondary N) is 2. The van der Waals surface area contributed by atoms with Crippen LogP contribution in [0.15, 0.2) is 24.8 Å². The van der Waals surface area contributed by atoms with Gasteiger partial charge in [-0.15, -0.1) is 0 Å². The van der Waals surface area contributed by atoms with Gasteiger partial charge in [-0.1, -0.05) is 12.8 Å². The zero-order valence-corrected chi connectivity index (χ0v) is 15.6. The lowest BCUT2D eigenvalue weighted by molar-refractivity contribution is -0.143. The van der Waals surface area contributed by atoms with Crippen LogP contribution in [0.4, 0.5) is 0 Å². The Balaban J connectivity index is 1.47. The van der Waals surface area contributed by atoms with Gasteiger partial charge >= 0.3 is 0 Å². The van der Waals surface area contributed by atoms with E-state index in [9.17, 15) is 4.79 Å². The molecule has 27 heavy (non-hydrogen) atoms. The Kier molecular flexibility index (Phi) is 5.18. The average Bonchev–Trinajstić information content (AvgIpc) is 3.17. The Labute approximate surface area is 158 Å². The molecule has 0 radical (unpaired) electrons. The van der Waals surface area contributed by atoms with Crippen molar-refractivity contribution in [1.82, 2.24) is 30.2 Å². The Morgan fingerprint density at radius 3 is 3.07 bits per heavy atom. The third kappa shape index (κ3) is 4.01. The molecule has 2 atom stereocenters. The largest absolute Gasteiger partial charge is 0.370 e. The minimum atomic E-state index is -0.350. The number of carbonyl (C=O) groups is 1. The quantitative estimate of drug-likeness (QED) is 0.846. The first-order valence-corrected chi connectivity index (χ1v) is 9.59. The Bertz CT molecular complexity index is 759. The van der Waals surface area contributed by atoms with E-state index in [4.69, 9.17) is 4.74 Å². The minimum absolute atomic E-state index is 0.0266. The van der Waals surface area contributed by atoms with Crippen LogP contribution in [-0.4, -0.2) is 62.1 Å². The van der Waals surface area contributed by atoms with E-state index in [2.05, 4.69) is 30.2 Å². The Morgan fingerprint density at radius 1 is 1.37 bits per heavy atom. The molecule has 1 spiro atoms. The van der Waals surface area contributed by atoms with E-state index in [-0.39, 0.29) is 17.6 Å². The second-order valence-electron chi connectivity index (χ2n) is 7.47. The molecule has 2 fully saturated rings. The highest BCUT2D eigenvalue weighted by Crippen LogP contribution is 2.35. The van der Waals surface area contributed by atoms with Gasteiger partial charge in [0.25, 0.3) is 5.91 Å². The predicted octanol–water partition coefficient (Wildman–Crippen LogP) is 1.45. The molecule has 0 aromatic carbocycles. The predicted molar refractivity (Wildman–Crippen MR) is 99.0 cm³/mol. The van der Waals surface area contributed by atoms with E-state index in [1.807, 2.05) is 13.1 Å². The number of aryl methyl sites for hydroxylation is 1. The summed E-state index contributed by atoms with van der Waals surface area (Å²) in [5.74, 6) is 0.777. The first-order valence-electron chi connectivity index (χ1n) is 9.59. The fraction of sp³-hybridized carbons (Fsp3) is 0.579. The van der Waals surface area contributed by atoms with Crippen molar-refractivity contribution >= 4 is 5.91 Å². The summed E-state index contributed by atoms with van der Waals surface area (Å²) in [6.45, 7) is 4.94. The van der Waals surface area contributed by atoms with Gasteiger partial charge in [-0.25, -0.2) is 9.97 Å². The molecule has 4 rings (SSSR count). The number of H-pyrrole nitrogens is 1. The third-order valence-electron chi connectivity index (χ3n) is 5.51. The number of rotatable bonds is 4. The number of hydrogen-bond donors (Lipinski definition) is 2. The van der Waals surface area contributed by atoms with Crippen LogP contribution >= 0.6 is 0 Å². The van der Waals surface area contributed by atoms with Gasteiger partial charge in [0.05, 0.1) is 31.1 Å². The Hall–Kier alpha value is -2.32. The van der Waals surface area contributed by atoms with Crippen molar-refractivity contribution in [2.45, 2.75) is 50.8 Å².